The Bertz CT molecular complexity index is 383. The van der Waals surface area contributed by atoms with Crippen LogP contribution in [-0.4, -0.2) is 0 Å². The van der Waals surface area contributed by atoms with E-state index >= 15 is 0 Å². The fourth-order valence-corrected chi connectivity index (χ4v) is 2.96. The third-order valence-corrected chi connectivity index (χ3v) is 4.22. The molecule has 0 saturated heterocycles. The molecule has 1 unspecified atom stereocenters. The van der Waals surface area contributed by atoms with Crippen molar-refractivity contribution in [2.75, 3.05) is 0 Å². The van der Waals surface area contributed by atoms with Crippen LogP contribution in [0.2, 0.25) is 0 Å². The predicted molar refractivity (Wildman–Crippen MR) is 73.9 cm³/mol. The second-order valence-corrected chi connectivity index (χ2v) is 5.70. The van der Waals surface area contributed by atoms with Gasteiger partial charge in [-0.05, 0) is 42.9 Å². The van der Waals surface area contributed by atoms with Crippen LogP contribution in [0.5, 0.6) is 0 Å². The molecule has 1 aliphatic rings. The molecule has 1 aromatic carbocycles. The molecule has 0 aliphatic heterocycles. The minimum Gasteiger partial charge on any atom is -0.324 e. The van der Waals surface area contributed by atoms with Gasteiger partial charge in [-0.1, -0.05) is 44.2 Å². The summed E-state index contributed by atoms with van der Waals surface area (Å²) in [6, 6.07) is 5.31. The molecular formula is C16H24FN. The summed E-state index contributed by atoms with van der Waals surface area (Å²) in [6.07, 6.45) is 9.16. The van der Waals surface area contributed by atoms with E-state index in [1.165, 1.54) is 44.6 Å². The van der Waals surface area contributed by atoms with Crippen LogP contribution in [0.15, 0.2) is 18.2 Å². The smallest absolute Gasteiger partial charge is 0.126 e. The quantitative estimate of drug-likeness (QED) is 0.835. The zero-order valence-corrected chi connectivity index (χ0v) is 11.3. The molecule has 0 radical (unpaired) electrons. The highest BCUT2D eigenvalue weighted by Crippen LogP contribution is 2.29. The molecular weight excluding hydrogens is 225 g/mol. The van der Waals surface area contributed by atoms with Crippen LogP contribution >= 0.6 is 0 Å². The minimum atomic E-state index is -0.141. The summed E-state index contributed by atoms with van der Waals surface area (Å²) in [5.74, 6) is 0.726. The molecule has 2 rings (SSSR count). The minimum absolute atomic E-state index is 0.0613. The Morgan fingerprint density at radius 1 is 1.28 bits per heavy atom. The van der Waals surface area contributed by atoms with Crippen molar-refractivity contribution in [2.24, 2.45) is 11.7 Å². The average molecular weight is 249 g/mol. The van der Waals surface area contributed by atoms with Gasteiger partial charge >= 0.3 is 0 Å². The summed E-state index contributed by atoms with van der Waals surface area (Å²) in [6.45, 7) is 1.80. The molecule has 0 bridgehead atoms. The maximum absolute atomic E-state index is 13.2. The van der Waals surface area contributed by atoms with Crippen LogP contribution in [0.25, 0.3) is 0 Å². The van der Waals surface area contributed by atoms with Crippen molar-refractivity contribution in [3.8, 4) is 0 Å². The lowest BCUT2D eigenvalue weighted by atomic mass is 9.84. The molecule has 1 aromatic rings. The van der Waals surface area contributed by atoms with E-state index in [-0.39, 0.29) is 11.9 Å². The molecule has 18 heavy (non-hydrogen) atoms. The van der Waals surface area contributed by atoms with E-state index in [9.17, 15) is 4.39 Å². The first kappa shape index (κ1) is 13.5. The summed E-state index contributed by atoms with van der Waals surface area (Å²) in [4.78, 5) is 0. The van der Waals surface area contributed by atoms with Crippen molar-refractivity contribution in [1.29, 1.82) is 0 Å². The third kappa shape index (κ3) is 3.55. The maximum atomic E-state index is 13.2. The van der Waals surface area contributed by atoms with Gasteiger partial charge in [-0.3, -0.25) is 0 Å². The van der Waals surface area contributed by atoms with Gasteiger partial charge in [0.25, 0.3) is 0 Å². The van der Waals surface area contributed by atoms with Crippen molar-refractivity contribution in [1.82, 2.24) is 0 Å². The summed E-state index contributed by atoms with van der Waals surface area (Å²) in [7, 11) is 0. The first-order valence-electron chi connectivity index (χ1n) is 7.18. The van der Waals surface area contributed by atoms with Gasteiger partial charge < -0.3 is 5.73 Å². The average Bonchev–Trinajstić information content (AvgIpc) is 2.40. The van der Waals surface area contributed by atoms with Crippen molar-refractivity contribution in [3.63, 3.8) is 0 Å². The van der Waals surface area contributed by atoms with Crippen molar-refractivity contribution >= 4 is 0 Å². The fraction of sp³-hybridized carbons (Fsp3) is 0.625. The zero-order chi connectivity index (χ0) is 13.0. The first-order chi connectivity index (χ1) is 8.66. The largest absolute Gasteiger partial charge is 0.324 e. The highest BCUT2D eigenvalue weighted by Gasteiger charge is 2.15. The summed E-state index contributed by atoms with van der Waals surface area (Å²) >= 11 is 0. The summed E-state index contributed by atoms with van der Waals surface area (Å²) < 4.78 is 13.2. The van der Waals surface area contributed by atoms with Gasteiger partial charge in [0.2, 0.25) is 0 Å². The van der Waals surface area contributed by atoms with E-state index in [2.05, 4.69) is 0 Å². The van der Waals surface area contributed by atoms with Gasteiger partial charge in [0.1, 0.15) is 5.82 Å². The van der Waals surface area contributed by atoms with Crippen molar-refractivity contribution in [2.45, 2.75) is 57.9 Å². The van der Waals surface area contributed by atoms with Crippen molar-refractivity contribution in [3.05, 3.63) is 35.1 Å². The second kappa shape index (κ2) is 6.33. The zero-order valence-electron chi connectivity index (χ0n) is 11.3. The van der Waals surface area contributed by atoms with E-state index in [4.69, 9.17) is 5.73 Å². The molecule has 2 heteroatoms. The molecule has 1 fully saturated rings. The monoisotopic (exact) mass is 249 g/mol. The molecule has 0 heterocycles. The van der Waals surface area contributed by atoms with Crippen LogP contribution in [0.4, 0.5) is 4.39 Å². The van der Waals surface area contributed by atoms with Gasteiger partial charge in [-0.2, -0.15) is 0 Å². The maximum Gasteiger partial charge on any atom is 0.126 e. The number of halogens is 1. The van der Waals surface area contributed by atoms with Crippen LogP contribution in [0.1, 0.15) is 62.1 Å². The summed E-state index contributed by atoms with van der Waals surface area (Å²) in [5, 5.41) is 0. The number of benzene rings is 1. The number of hydrogen-bond acceptors (Lipinski definition) is 1. The Hall–Kier alpha value is -0.890. The standard InChI is InChI=1S/C16H24FN/c1-12-11-14(8-9-15(12)17)16(18)10-7-13-5-3-2-4-6-13/h8-9,11,13,16H,2-7,10,18H2,1H3. The predicted octanol–water partition coefficient (Wildman–Crippen LogP) is 4.49. The molecule has 1 atom stereocenters. The lowest BCUT2D eigenvalue weighted by molar-refractivity contribution is 0.324. The molecule has 0 spiro atoms. The molecule has 0 aromatic heterocycles. The first-order valence-corrected chi connectivity index (χ1v) is 7.18. The molecule has 2 N–H and O–H groups in total. The van der Waals surface area contributed by atoms with E-state index in [0.29, 0.717) is 5.56 Å². The Kier molecular flexibility index (Phi) is 4.76. The number of aryl methyl sites for hydroxylation is 1. The number of hydrogen-bond donors (Lipinski definition) is 1. The van der Waals surface area contributed by atoms with E-state index < -0.39 is 0 Å². The van der Waals surface area contributed by atoms with Crippen LogP contribution < -0.4 is 5.73 Å². The van der Waals surface area contributed by atoms with Gasteiger partial charge in [0.15, 0.2) is 0 Å². The Balaban J connectivity index is 1.86. The lowest BCUT2D eigenvalue weighted by Crippen LogP contribution is -2.14. The highest BCUT2D eigenvalue weighted by molar-refractivity contribution is 5.26. The Labute approximate surface area is 110 Å². The van der Waals surface area contributed by atoms with Gasteiger partial charge in [0.05, 0.1) is 0 Å². The molecule has 1 nitrogen and oxygen atoms in total. The fourth-order valence-electron chi connectivity index (χ4n) is 2.96. The van der Waals surface area contributed by atoms with E-state index in [0.717, 1.165) is 17.9 Å². The lowest BCUT2D eigenvalue weighted by Gasteiger charge is -2.23. The molecule has 1 aliphatic carbocycles. The van der Waals surface area contributed by atoms with E-state index in [1.54, 1.807) is 6.92 Å². The van der Waals surface area contributed by atoms with Gasteiger partial charge in [-0.25, -0.2) is 4.39 Å². The van der Waals surface area contributed by atoms with Crippen LogP contribution in [0.3, 0.4) is 0 Å². The number of rotatable bonds is 4. The van der Waals surface area contributed by atoms with Crippen LogP contribution in [0, 0.1) is 18.7 Å². The van der Waals surface area contributed by atoms with Gasteiger partial charge in [0, 0.05) is 6.04 Å². The second-order valence-electron chi connectivity index (χ2n) is 5.70. The molecule has 1 saturated carbocycles. The Morgan fingerprint density at radius 2 is 2.00 bits per heavy atom. The highest BCUT2D eigenvalue weighted by atomic mass is 19.1. The van der Waals surface area contributed by atoms with Crippen molar-refractivity contribution < 1.29 is 4.39 Å². The Morgan fingerprint density at radius 3 is 2.67 bits per heavy atom. The van der Waals surface area contributed by atoms with Crippen LogP contribution in [-0.2, 0) is 0 Å². The molecule has 100 valence electrons. The van der Waals surface area contributed by atoms with Gasteiger partial charge in [-0.15, -0.1) is 0 Å². The SMILES string of the molecule is Cc1cc(C(N)CCC2CCCCC2)ccc1F. The topological polar surface area (TPSA) is 26.0 Å². The summed E-state index contributed by atoms with van der Waals surface area (Å²) in [5.41, 5.74) is 7.98. The molecule has 0 amide bonds. The number of nitrogens with two attached hydrogens (primary N) is 1. The third-order valence-electron chi connectivity index (χ3n) is 4.22. The van der Waals surface area contributed by atoms with E-state index in [1.807, 2.05) is 12.1 Å². The normalized spacial score (nSPS) is 18.8.